The molecule has 0 saturated carbocycles. The fourth-order valence-corrected chi connectivity index (χ4v) is 2.02. The van der Waals surface area contributed by atoms with Crippen molar-refractivity contribution >= 4 is 17.4 Å². The molecule has 92 valence electrons. The molecule has 0 aliphatic heterocycles. The number of hydrogen-bond donors (Lipinski definition) is 0. The van der Waals surface area contributed by atoms with E-state index in [1.54, 1.807) is 0 Å². The number of aryl methyl sites for hydroxylation is 2. The third-order valence-corrected chi connectivity index (χ3v) is 3.39. The molecule has 2 aromatic carbocycles. The van der Waals surface area contributed by atoms with Gasteiger partial charge in [0.05, 0.1) is 0 Å². The van der Waals surface area contributed by atoms with Crippen molar-refractivity contribution in [3.63, 3.8) is 0 Å². The Labute approximate surface area is 112 Å². The summed E-state index contributed by atoms with van der Waals surface area (Å²) in [6, 6.07) is 15.2. The lowest BCUT2D eigenvalue weighted by Gasteiger charge is -2.09. The molecular weight excluding hydrogens is 244 g/mol. The number of rotatable bonds is 3. The van der Waals surface area contributed by atoms with E-state index in [1.807, 2.05) is 62.4 Å². The quantitative estimate of drug-likeness (QED) is 0.587. The lowest BCUT2D eigenvalue weighted by molar-refractivity contribution is 0.0987. The number of benzene rings is 2. The second-order valence-electron chi connectivity index (χ2n) is 4.50. The molecule has 2 rings (SSSR count). The molecule has 0 heterocycles. The van der Waals surface area contributed by atoms with E-state index in [0.29, 0.717) is 5.56 Å². The molecule has 1 atom stereocenters. The van der Waals surface area contributed by atoms with Gasteiger partial charge in [-0.05, 0) is 19.4 Å². The first kappa shape index (κ1) is 12.8. The normalized spacial score (nSPS) is 12.2. The van der Waals surface area contributed by atoms with Crippen molar-refractivity contribution in [2.75, 3.05) is 0 Å². The average Bonchev–Trinajstić information content (AvgIpc) is 2.39. The number of Topliss-reactive ketones (excluding diaryl/α,β-unsaturated/α-hetero) is 1. The van der Waals surface area contributed by atoms with E-state index < -0.39 is 5.38 Å². The van der Waals surface area contributed by atoms with E-state index in [9.17, 15) is 4.79 Å². The van der Waals surface area contributed by atoms with E-state index in [1.165, 1.54) is 0 Å². The van der Waals surface area contributed by atoms with Crippen molar-refractivity contribution in [3.8, 4) is 0 Å². The minimum Gasteiger partial charge on any atom is -0.292 e. The predicted octanol–water partition coefficient (Wildman–Crippen LogP) is 4.47. The Morgan fingerprint density at radius 2 is 1.33 bits per heavy atom. The van der Waals surface area contributed by atoms with Gasteiger partial charge in [-0.1, -0.05) is 59.7 Å². The molecule has 0 saturated heterocycles. The van der Waals surface area contributed by atoms with E-state index in [-0.39, 0.29) is 5.78 Å². The zero-order valence-electron chi connectivity index (χ0n) is 10.5. The lowest BCUT2D eigenvalue weighted by atomic mass is 10.0. The monoisotopic (exact) mass is 258 g/mol. The van der Waals surface area contributed by atoms with Crippen LogP contribution < -0.4 is 0 Å². The smallest absolute Gasteiger partial charge is 0.185 e. The van der Waals surface area contributed by atoms with Crippen LogP contribution in [-0.2, 0) is 0 Å². The topological polar surface area (TPSA) is 17.1 Å². The van der Waals surface area contributed by atoms with Crippen molar-refractivity contribution in [3.05, 3.63) is 70.8 Å². The first-order valence-electron chi connectivity index (χ1n) is 5.89. The first-order valence-corrected chi connectivity index (χ1v) is 6.33. The highest BCUT2D eigenvalue weighted by Gasteiger charge is 2.18. The summed E-state index contributed by atoms with van der Waals surface area (Å²) in [6.45, 7) is 4.00. The fraction of sp³-hybridized carbons (Fsp3) is 0.188. The van der Waals surface area contributed by atoms with Gasteiger partial charge in [0.1, 0.15) is 5.38 Å². The molecule has 2 heteroatoms. The largest absolute Gasteiger partial charge is 0.292 e. The Kier molecular flexibility index (Phi) is 3.83. The summed E-state index contributed by atoms with van der Waals surface area (Å²) in [5.41, 5.74) is 3.78. The van der Waals surface area contributed by atoms with E-state index >= 15 is 0 Å². The second-order valence-corrected chi connectivity index (χ2v) is 4.94. The molecule has 0 fully saturated rings. The summed E-state index contributed by atoms with van der Waals surface area (Å²) in [4.78, 5) is 12.2. The van der Waals surface area contributed by atoms with Crippen molar-refractivity contribution in [1.29, 1.82) is 0 Å². The number of hydrogen-bond acceptors (Lipinski definition) is 1. The summed E-state index contributed by atoms with van der Waals surface area (Å²) in [7, 11) is 0. The maximum absolute atomic E-state index is 12.2. The number of alkyl halides is 1. The predicted molar refractivity (Wildman–Crippen MR) is 75.3 cm³/mol. The van der Waals surface area contributed by atoms with Gasteiger partial charge < -0.3 is 0 Å². The number of carbonyl (C=O) groups excluding carboxylic acids is 1. The van der Waals surface area contributed by atoms with Gasteiger partial charge in [-0.15, -0.1) is 11.6 Å². The van der Waals surface area contributed by atoms with E-state index in [0.717, 1.165) is 16.7 Å². The molecule has 0 N–H and O–H groups in total. The van der Waals surface area contributed by atoms with Crippen LogP contribution in [0.15, 0.2) is 48.5 Å². The summed E-state index contributed by atoms with van der Waals surface area (Å²) in [5, 5.41) is -0.617. The van der Waals surface area contributed by atoms with Crippen LogP contribution in [0.4, 0.5) is 0 Å². The highest BCUT2D eigenvalue weighted by molar-refractivity contribution is 6.33. The van der Waals surface area contributed by atoms with Crippen molar-refractivity contribution in [2.45, 2.75) is 19.2 Å². The van der Waals surface area contributed by atoms with Crippen molar-refractivity contribution in [2.24, 2.45) is 0 Å². The van der Waals surface area contributed by atoms with E-state index in [4.69, 9.17) is 11.6 Å². The summed E-state index contributed by atoms with van der Waals surface area (Å²) < 4.78 is 0. The number of carbonyl (C=O) groups is 1. The third-order valence-electron chi connectivity index (χ3n) is 2.94. The van der Waals surface area contributed by atoms with Crippen LogP contribution in [0, 0.1) is 13.8 Å². The molecule has 0 bridgehead atoms. The number of ketones is 1. The van der Waals surface area contributed by atoms with Gasteiger partial charge in [0.25, 0.3) is 0 Å². The van der Waals surface area contributed by atoms with Crippen LogP contribution in [-0.4, -0.2) is 5.78 Å². The molecule has 0 aliphatic carbocycles. The Hall–Kier alpha value is -1.60. The zero-order chi connectivity index (χ0) is 13.1. The number of halogens is 1. The van der Waals surface area contributed by atoms with Gasteiger partial charge >= 0.3 is 0 Å². The second kappa shape index (κ2) is 5.36. The van der Waals surface area contributed by atoms with Crippen LogP contribution in [0.2, 0.25) is 0 Å². The molecule has 2 aromatic rings. The van der Waals surface area contributed by atoms with E-state index in [2.05, 4.69) is 0 Å². The minimum atomic E-state index is -0.617. The van der Waals surface area contributed by atoms with Gasteiger partial charge in [0, 0.05) is 5.56 Å². The Morgan fingerprint density at radius 1 is 0.889 bits per heavy atom. The molecule has 1 nitrogen and oxygen atoms in total. The molecule has 0 radical (unpaired) electrons. The Bertz CT molecular complexity index is 540. The summed E-state index contributed by atoms with van der Waals surface area (Å²) in [5.74, 6) is -0.0551. The van der Waals surface area contributed by atoms with Crippen LogP contribution >= 0.6 is 11.6 Å². The van der Waals surface area contributed by atoms with Crippen molar-refractivity contribution < 1.29 is 4.79 Å². The van der Waals surface area contributed by atoms with Crippen LogP contribution in [0.1, 0.15) is 32.4 Å². The summed E-state index contributed by atoms with van der Waals surface area (Å²) in [6.07, 6.45) is 0. The molecule has 0 amide bonds. The maximum atomic E-state index is 12.2. The molecule has 0 aliphatic rings. The highest BCUT2D eigenvalue weighted by Crippen LogP contribution is 2.25. The lowest BCUT2D eigenvalue weighted by Crippen LogP contribution is -2.07. The van der Waals surface area contributed by atoms with Gasteiger partial charge in [-0.2, -0.15) is 0 Å². The third kappa shape index (κ3) is 2.80. The summed E-state index contributed by atoms with van der Waals surface area (Å²) >= 11 is 6.23. The van der Waals surface area contributed by atoms with Crippen LogP contribution in [0.25, 0.3) is 0 Å². The van der Waals surface area contributed by atoms with Crippen LogP contribution in [0.3, 0.4) is 0 Å². The zero-order valence-corrected chi connectivity index (χ0v) is 11.2. The SMILES string of the molecule is Cc1ccc(C(=O)[C@H](Cl)c2ccc(C)cc2)cc1. The van der Waals surface area contributed by atoms with Gasteiger partial charge in [0.2, 0.25) is 0 Å². The minimum absolute atomic E-state index is 0.0551. The van der Waals surface area contributed by atoms with Crippen molar-refractivity contribution in [1.82, 2.24) is 0 Å². The molecule has 18 heavy (non-hydrogen) atoms. The molecular formula is C16H15ClO. The molecule has 0 spiro atoms. The maximum Gasteiger partial charge on any atom is 0.185 e. The fourth-order valence-electron chi connectivity index (χ4n) is 1.75. The van der Waals surface area contributed by atoms with Gasteiger partial charge in [-0.25, -0.2) is 0 Å². The Balaban J connectivity index is 2.23. The highest BCUT2D eigenvalue weighted by atomic mass is 35.5. The van der Waals surface area contributed by atoms with Gasteiger partial charge in [-0.3, -0.25) is 4.79 Å². The van der Waals surface area contributed by atoms with Gasteiger partial charge in [0.15, 0.2) is 5.78 Å². The average molecular weight is 259 g/mol. The first-order chi connectivity index (χ1) is 8.58. The Morgan fingerprint density at radius 3 is 1.83 bits per heavy atom. The molecule has 0 aromatic heterocycles. The standard InChI is InChI=1S/C16H15ClO/c1-11-3-7-13(8-4-11)15(17)16(18)14-9-5-12(2)6-10-14/h3-10,15H,1-2H3/t15-/m1/s1. The van der Waals surface area contributed by atoms with Crippen LogP contribution in [0.5, 0.6) is 0 Å². The molecule has 0 unspecified atom stereocenters.